The second-order valence-corrected chi connectivity index (χ2v) is 10.4. The zero-order valence-corrected chi connectivity index (χ0v) is 21.7. The van der Waals surface area contributed by atoms with Gasteiger partial charge >= 0.3 is 11.9 Å². The van der Waals surface area contributed by atoms with Crippen LogP contribution in [0.3, 0.4) is 0 Å². The van der Waals surface area contributed by atoms with Gasteiger partial charge in [0, 0.05) is 0 Å². The molecule has 0 saturated heterocycles. The first kappa shape index (κ1) is 30.0. The van der Waals surface area contributed by atoms with Crippen molar-refractivity contribution < 1.29 is 34.4 Å². The van der Waals surface area contributed by atoms with Crippen LogP contribution in [0.5, 0.6) is 0 Å². The van der Waals surface area contributed by atoms with E-state index in [0.29, 0.717) is 5.92 Å². The molecule has 0 aliphatic carbocycles. The van der Waals surface area contributed by atoms with E-state index in [2.05, 4.69) is 32.4 Å². The lowest BCUT2D eigenvalue weighted by atomic mass is 9.91. The molecule has 3 N–H and O–H groups in total. The summed E-state index contributed by atoms with van der Waals surface area (Å²) in [5.41, 5.74) is 1.12. The number of hydrogen-bond acceptors (Lipinski definition) is 7. The maximum Gasteiger partial charge on any atom is 0.377 e. The van der Waals surface area contributed by atoms with Crippen LogP contribution in [0.2, 0.25) is 0 Å². The Morgan fingerprint density at radius 1 is 1.00 bits per heavy atom. The van der Waals surface area contributed by atoms with E-state index < -0.39 is 42.3 Å². The Balaban J connectivity index is 2.15. The first-order valence-electron chi connectivity index (χ1n) is 12.8. The molecule has 1 rings (SSSR count). The monoisotopic (exact) mass is 482 g/mol. The highest BCUT2D eigenvalue weighted by Crippen LogP contribution is 2.23. The molecule has 0 aromatic carbocycles. The zero-order chi connectivity index (χ0) is 25.7. The van der Waals surface area contributed by atoms with Crippen LogP contribution in [-0.2, 0) is 19.1 Å². The second-order valence-electron chi connectivity index (χ2n) is 10.4. The minimum Gasteiger partial charge on any atom is -0.505 e. The Morgan fingerprint density at radius 2 is 1.56 bits per heavy atom. The van der Waals surface area contributed by atoms with E-state index in [1.54, 1.807) is 0 Å². The Kier molecular flexibility index (Phi) is 13.9. The standard InChI is InChI=1S/C27H46O7/c1-18(2)9-6-10-19(3)11-7-12-20(4)13-8-14-21(5)15-16-23(29)33-17-22(28)26-24(30)25(31)27(32)34-26/h15,18-20,22,26,28,30-31H,6-14,16-17H2,1-5H3/b21-15+. The number of allylic oxidation sites excluding steroid dienone is 1. The summed E-state index contributed by atoms with van der Waals surface area (Å²) in [4.78, 5) is 23.1. The van der Waals surface area contributed by atoms with Gasteiger partial charge in [-0.15, -0.1) is 0 Å². The van der Waals surface area contributed by atoms with Crippen LogP contribution in [0.4, 0.5) is 0 Å². The number of rotatable bonds is 17. The van der Waals surface area contributed by atoms with Crippen LogP contribution < -0.4 is 0 Å². The largest absolute Gasteiger partial charge is 0.505 e. The lowest BCUT2D eigenvalue weighted by Gasteiger charge is -2.17. The van der Waals surface area contributed by atoms with Gasteiger partial charge in [0.05, 0.1) is 6.42 Å². The predicted octanol–water partition coefficient (Wildman–Crippen LogP) is 5.92. The van der Waals surface area contributed by atoms with Crippen LogP contribution in [0.25, 0.3) is 0 Å². The average Bonchev–Trinajstić information content (AvgIpc) is 3.03. The quantitative estimate of drug-likeness (QED) is 0.174. The molecule has 0 fully saturated rings. The summed E-state index contributed by atoms with van der Waals surface area (Å²) in [5.74, 6) is -1.00. The van der Waals surface area contributed by atoms with Gasteiger partial charge in [-0.25, -0.2) is 4.79 Å². The molecule has 1 heterocycles. The number of aliphatic hydroxyl groups excluding tert-OH is 3. The third-order valence-corrected chi connectivity index (χ3v) is 6.46. The van der Waals surface area contributed by atoms with Gasteiger partial charge in [-0.05, 0) is 37.5 Å². The summed E-state index contributed by atoms with van der Waals surface area (Å²) >= 11 is 0. The van der Waals surface area contributed by atoms with Crippen molar-refractivity contribution in [2.75, 3.05) is 6.61 Å². The van der Waals surface area contributed by atoms with Crippen molar-refractivity contribution >= 4 is 11.9 Å². The number of esters is 2. The lowest BCUT2D eigenvalue weighted by molar-refractivity contribution is -0.154. The van der Waals surface area contributed by atoms with Gasteiger partial charge < -0.3 is 24.8 Å². The van der Waals surface area contributed by atoms with Crippen LogP contribution in [0.1, 0.15) is 98.8 Å². The second kappa shape index (κ2) is 15.8. The number of carbonyl (C=O) groups excluding carboxylic acids is 2. The fourth-order valence-electron chi connectivity index (χ4n) is 4.12. The average molecular weight is 483 g/mol. The smallest absolute Gasteiger partial charge is 0.377 e. The van der Waals surface area contributed by atoms with E-state index in [1.807, 2.05) is 13.0 Å². The summed E-state index contributed by atoms with van der Waals surface area (Å²) in [6.07, 6.45) is 10.1. The topological polar surface area (TPSA) is 113 Å². The molecule has 34 heavy (non-hydrogen) atoms. The number of hydrogen-bond donors (Lipinski definition) is 3. The summed E-state index contributed by atoms with van der Waals surface area (Å²) in [6.45, 7) is 10.8. The Bertz CT molecular complexity index is 695. The molecule has 1 aliphatic heterocycles. The first-order valence-corrected chi connectivity index (χ1v) is 12.8. The van der Waals surface area contributed by atoms with Gasteiger partial charge in [0.25, 0.3) is 0 Å². The van der Waals surface area contributed by atoms with Gasteiger partial charge in [-0.2, -0.15) is 0 Å². The van der Waals surface area contributed by atoms with Gasteiger partial charge in [0.15, 0.2) is 11.9 Å². The van der Waals surface area contributed by atoms with Crippen molar-refractivity contribution in [3.8, 4) is 0 Å². The van der Waals surface area contributed by atoms with Crippen LogP contribution in [0.15, 0.2) is 23.2 Å². The molecule has 4 atom stereocenters. The summed E-state index contributed by atoms with van der Waals surface area (Å²) in [6, 6.07) is 0. The summed E-state index contributed by atoms with van der Waals surface area (Å²) in [7, 11) is 0. The number of aliphatic hydroxyl groups is 3. The Hall–Kier alpha value is -2.02. The van der Waals surface area contributed by atoms with Crippen molar-refractivity contribution in [2.45, 2.75) is 111 Å². The molecule has 0 radical (unpaired) electrons. The molecule has 4 unspecified atom stereocenters. The van der Waals surface area contributed by atoms with E-state index in [-0.39, 0.29) is 6.42 Å². The molecule has 0 saturated carbocycles. The van der Waals surface area contributed by atoms with Crippen LogP contribution >= 0.6 is 0 Å². The fourth-order valence-corrected chi connectivity index (χ4v) is 4.12. The van der Waals surface area contributed by atoms with Crippen LogP contribution in [-0.4, -0.2) is 46.1 Å². The highest BCUT2D eigenvalue weighted by atomic mass is 16.6. The number of ether oxygens (including phenoxy) is 2. The SMILES string of the molecule is C/C(=C\CC(=O)OCC(O)C1OC(=O)C(O)=C1O)CCCC(C)CCCC(C)CCCC(C)C. The number of cyclic esters (lactones) is 1. The van der Waals surface area contributed by atoms with E-state index in [0.717, 1.165) is 30.3 Å². The zero-order valence-electron chi connectivity index (χ0n) is 21.7. The Labute approximate surface area is 205 Å². The maximum atomic E-state index is 11.9. The molecule has 0 aromatic heterocycles. The van der Waals surface area contributed by atoms with E-state index in [4.69, 9.17) is 4.74 Å². The first-order chi connectivity index (χ1) is 16.0. The molecule has 7 heteroatoms. The maximum absolute atomic E-state index is 11.9. The summed E-state index contributed by atoms with van der Waals surface area (Å²) < 4.78 is 9.62. The fraction of sp³-hybridized carbons (Fsp3) is 0.778. The highest BCUT2D eigenvalue weighted by Gasteiger charge is 2.39. The van der Waals surface area contributed by atoms with Gasteiger partial charge in [0.2, 0.25) is 5.76 Å². The van der Waals surface area contributed by atoms with Gasteiger partial charge in [0.1, 0.15) is 12.7 Å². The predicted molar refractivity (Wildman–Crippen MR) is 132 cm³/mol. The normalized spacial score (nSPS) is 19.3. The molecule has 7 nitrogen and oxygen atoms in total. The van der Waals surface area contributed by atoms with Gasteiger partial charge in [-0.1, -0.05) is 84.3 Å². The third kappa shape index (κ3) is 11.9. The van der Waals surface area contributed by atoms with Crippen LogP contribution in [0, 0.1) is 17.8 Å². The molecule has 0 bridgehead atoms. The van der Waals surface area contributed by atoms with Crippen molar-refractivity contribution in [1.29, 1.82) is 0 Å². The lowest BCUT2D eigenvalue weighted by Crippen LogP contribution is -2.33. The van der Waals surface area contributed by atoms with Crippen molar-refractivity contribution in [3.63, 3.8) is 0 Å². The number of carbonyl (C=O) groups is 2. The minimum absolute atomic E-state index is 0.0837. The highest BCUT2D eigenvalue weighted by molar-refractivity contribution is 5.89. The summed E-state index contributed by atoms with van der Waals surface area (Å²) in [5, 5.41) is 28.7. The van der Waals surface area contributed by atoms with E-state index in [1.165, 1.54) is 44.9 Å². The molecule has 0 amide bonds. The molecular formula is C27H46O7. The molecule has 0 spiro atoms. The third-order valence-electron chi connectivity index (χ3n) is 6.46. The molecule has 0 aromatic rings. The molecular weight excluding hydrogens is 436 g/mol. The Morgan fingerprint density at radius 3 is 2.09 bits per heavy atom. The van der Waals surface area contributed by atoms with Crippen molar-refractivity contribution in [1.82, 2.24) is 0 Å². The van der Waals surface area contributed by atoms with E-state index in [9.17, 15) is 24.9 Å². The van der Waals surface area contributed by atoms with Gasteiger partial charge in [-0.3, -0.25) is 4.79 Å². The molecule has 196 valence electrons. The van der Waals surface area contributed by atoms with E-state index >= 15 is 0 Å². The molecule has 1 aliphatic rings. The minimum atomic E-state index is -1.45. The van der Waals surface area contributed by atoms with Crippen molar-refractivity contribution in [3.05, 3.63) is 23.2 Å². The van der Waals surface area contributed by atoms with Crippen molar-refractivity contribution in [2.24, 2.45) is 17.8 Å².